The number of benzene rings is 3. The van der Waals surface area contributed by atoms with E-state index in [-0.39, 0.29) is 5.56 Å². The number of halogens is 5. The van der Waals surface area contributed by atoms with Gasteiger partial charge >= 0.3 is 6.36 Å². The van der Waals surface area contributed by atoms with E-state index in [4.69, 9.17) is 0 Å². The molecule has 0 aliphatic heterocycles. The largest absolute Gasteiger partial charge is 0.573 e. The van der Waals surface area contributed by atoms with Crippen LogP contribution < -0.4 is 4.74 Å². The highest BCUT2D eigenvalue weighted by Gasteiger charge is 2.34. The molecule has 0 bridgehead atoms. The van der Waals surface area contributed by atoms with Gasteiger partial charge in [0, 0.05) is 0 Å². The van der Waals surface area contributed by atoms with Gasteiger partial charge in [0.2, 0.25) is 5.75 Å². The first-order valence-corrected chi connectivity index (χ1v) is 9.25. The molecular formula is C23H17F5O. The van der Waals surface area contributed by atoms with Crippen LogP contribution >= 0.6 is 0 Å². The first-order chi connectivity index (χ1) is 13.7. The summed E-state index contributed by atoms with van der Waals surface area (Å²) in [5.41, 5.74) is 6.37. The molecule has 29 heavy (non-hydrogen) atoms. The van der Waals surface area contributed by atoms with Crippen molar-refractivity contribution < 1.29 is 26.7 Å². The van der Waals surface area contributed by atoms with E-state index in [0.29, 0.717) is 12.0 Å². The maximum atomic E-state index is 14.1. The summed E-state index contributed by atoms with van der Waals surface area (Å²) < 4.78 is 68.6. The zero-order chi connectivity index (χ0) is 20.8. The highest BCUT2D eigenvalue weighted by molar-refractivity contribution is 5.80. The lowest BCUT2D eigenvalue weighted by Crippen LogP contribution is -2.19. The Labute approximate surface area is 164 Å². The molecule has 0 radical (unpaired) electrons. The lowest BCUT2D eigenvalue weighted by Gasteiger charge is -2.12. The molecule has 4 rings (SSSR count). The molecule has 0 saturated carbocycles. The fourth-order valence-corrected chi connectivity index (χ4v) is 3.83. The van der Waals surface area contributed by atoms with Crippen molar-refractivity contribution in [1.29, 1.82) is 0 Å². The zero-order valence-corrected chi connectivity index (χ0v) is 15.5. The molecule has 0 saturated heterocycles. The van der Waals surface area contributed by atoms with Crippen molar-refractivity contribution in [2.24, 2.45) is 0 Å². The number of alkyl halides is 3. The first-order valence-electron chi connectivity index (χ1n) is 9.25. The number of hydrogen-bond acceptors (Lipinski definition) is 1. The van der Waals surface area contributed by atoms with Gasteiger partial charge in [-0.3, -0.25) is 0 Å². The third-order valence-corrected chi connectivity index (χ3v) is 5.03. The smallest absolute Gasteiger partial charge is 0.399 e. The summed E-state index contributed by atoms with van der Waals surface area (Å²) in [6.07, 6.45) is -2.41. The van der Waals surface area contributed by atoms with Crippen molar-refractivity contribution in [2.75, 3.05) is 0 Å². The fourth-order valence-electron chi connectivity index (χ4n) is 3.83. The number of aryl methyl sites for hydroxylation is 1. The fraction of sp³-hybridized carbons (Fsp3) is 0.217. The Morgan fingerprint density at radius 1 is 0.828 bits per heavy atom. The highest BCUT2D eigenvalue weighted by Crippen LogP contribution is 2.40. The monoisotopic (exact) mass is 404 g/mol. The molecular weight excluding hydrogens is 387 g/mol. The maximum absolute atomic E-state index is 14.1. The van der Waals surface area contributed by atoms with E-state index < -0.39 is 23.7 Å². The van der Waals surface area contributed by atoms with Gasteiger partial charge in [-0.25, -0.2) is 8.78 Å². The van der Waals surface area contributed by atoms with E-state index in [9.17, 15) is 22.0 Å². The lowest BCUT2D eigenvalue weighted by atomic mass is 9.98. The van der Waals surface area contributed by atoms with E-state index >= 15 is 0 Å². The Kier molecular flexibility index (Phi) is 4.81. The summed E-state index contributed by atoms with van der Waals surface area (Å²) in [5, 5.41) is 0. The van der Waals surface area contributed by atoms with Gasteiger partial charge in [-0.05, 0) is 63.9 Å². The SMILES string of the molecule is CCCc1ccc2c(c1)Cc1cc(-c3cc(F)c(OC(F)(F)F)c(F)c3)ccc1-2. The van der Waals surface area contributed by atoms with E-state index in [0.717, 1.165) is 41.7 Å². The molecule has 6 heteroatoms. The Bertz CT molecular complexity index is 1060. The molecule has 0 spiro atoms. The standard InChI is InChI=1S/C23H17F5O/c1-2-3-13-4-6-18-16(8-13)10-17-9-14(5-7-19(17)18)15-11-20(24)22(21(25)12-15)29-23(26,27)28/h4-9,11-12H,2-3,10H2,1H3. The Morgan fingerprint density at radius 2 is 1.45 bits per heavy atom. The molecule has 0 unspecified atom stereocenters. The maximum Gasteiger partial charge on any atom is 0.573 e. The summed E-state index contributed by atoms with van der Waals surface area (Å²) in [6.45, 7) is 2.12. The quantitative estimate of drug-likeness (QED) is 0.331. The van der Waals surface area contributed by atoms with Gasteiger partial charge in [-0.1, -0.05) is 49.7 Å². The van der Waals surface area contributed by atoms with E-state index in [2.05, 4.69) is 29.9 Å². The third kappa shape index (κ3) is 3.84. The van der Waals surface area contributed by atoms with E-state index in [1.165, 1.54) is 11.1 Å². The van der Waals surface area contributed by atoms with Crippen LogP contribution in [0.1, 0.15) is 30.0 Å². The number of rotatable bonds is 4. The molecule has 0 heterocycles. The van der Waals surface area contributed by atoms with Gasteiger partial charge in [0.05, 0.1) is 0 Å². The molecule has 0 aromatic heterocycles. The highest BCUT2D eigenvalue weighted by atomic mass is 19.4. The average Bonchev–Trinajstić information content (AvgIpc) is 3.01. The Morgan fingerprint density at radius 3 is 2.07 bits per heavy atom. The summed E-state index contributed by atoms with van der Waals surface area (Å²) in [4.78, 5) is 0. The Balaban J connectivity index is 1.67. The topological polar surface area (TPSA) is 9.23 Å². The Hall–Kier alpha value is -2.89. The predicted molar refractivity (Wildman–Crippen MR) is 101 cm³/mol. The number of ether oxygens (including phenoxy) is 1. The summed E-state index contributed by atoms with van der Waals surface area (Å²) in [6, 6.07) is 13.5. The van der Waals surface area contributed by atoms with Gasteiger partial charge in [-0.2, -0.15) is 0 Å². The lowest BCUT2D eigenvalue weighted by molar-refractivity contribution is -0.276. The second-order valence-corrected chi connectivity index (χ2v) is 7.11. The summed E-state index contributed by atoms with van der Waals surface area (Å²) in [5.74, 6) is -4.24. The van der Waals surface area contributed by atoms with Crippen molar-refractivity contribution in [3.8, 4) is 28.0 Å². The molecule has 0 fully saturated rings. The molecule has 0 atom stereocenters. The van der Waals surface area contributed by atoms with Crippen molar-refractivity contribution >= 4 is 0 Å². The molecule has 1 aliphatic carbocycles. The third-order valence-electron chi connectivity index (χ3n) is 5.03. The molecule has 1 nitrogen and oxygen atoms in total. The summed E-state index contributed by atoms with van der Waals surface area (Å²) >= 11 is 0. The minimum absolute atomic E-state index is 0.153. The van der Waals surface area contributed by atoms with Gasteiger partial charge in [0.25, 0.3) is 0 Å². The van der Waals surface area contributed by atoms with Crippen LogP contribution in [0.15, 0.2) is 48.5 Å². The minimum atomic E-state index is -5.17. The second-order valence-electron chi connectivity index (χ2n) is 7.11. The first kappa shape index (κ1) is 19.4. The van der Waals surface area contributed by atoms with Crippen LogP contribution in [0.25, 0.3) is 22.3 Å². The van der Waals surface area contributed by atoms with Gasteiger partial charge in [0.1, 0.15) is 0 Å². The molecule has 3 aromatic rings. The molecule has 1 aliphatic rings. The normalized spacial score (nSPS) is 12.6. The molecule has 0 amide bonds. The van der Waals surface area contributed by atoms with Crippen LogP contribution in [-0.2, 0) is 12.8 Å². The summed E-state index contributed by atoms with van der Waals surface area (Å²) in [7, 11) is 0. The van der Waals surface area contributed by atoms with Crippen molar-refractivity contribution in [1.82, 2.24) is 0 Å². The van der Waals surface area contributed by atoms with Crippen LogP contribution in [0.5, 0.6) is 5.75 Å². The molecule has 3 aromatic carbocycles. The van der Waals surface area contributed by atoms with Crippen LogP contribution in [0.2, 0.25) is 0 Å². The van der Waals surface area contributed by atoms with Crippen molar-refractivity contribution in [3.05, 3.63) is 76.9 Å². The van der Waals surface area contributed by atoms with Crippen molar-refractivity contribution in [3.63, 3.8) is 0 Å². The van der Waals surface area contributed by atoms with Crippen LogP contribution in [0.3, 0.4) is 0 Å². The van der Waals surface area contributed by atoms with Crippen LogP contribution in [-0.4, -0.2) is 6.36 Å². The number of hydrogen-bond donors (Lipinski definition) is 0. The van der Waals surface area contributed by atoms with Gasteiger partial charge in [0.15, 0.2) is 11.6 Å². The number of fused-ring (bicyclic) bond motifs is 3. The molecule has 150 valence electrons. The van der Waals surface area contributed by atoms with Crippen LogP contribution in [0.4, 0.5) is 22.0 Å². The minimum Gasteiger partial charge on any atom is -0.399 e. The van der Waals surface area contributed by atoms with Crippen molar-refractivity contribution in [2.45, 2.75) is 32.5 Å². The van der Waals surface area contributed by atoms with Crippen LogP contribution in [0, 0.1) is 11.6 Å². The van der Waals surface area contributed by atoms with Gasteiger partial charge in [-0.15, -0.1) is 13.2 Å². The van der Waals surface area contributed by atoms with E-state index in [1.807, 2.05) is 12.1 Å². The predicted octanol–water partition coefficient (Wildman–Crippen LogP) is 7.05. The average molecular weight is 404 g/mol. The zero-order valence-electron chi connectivity index (χ0n) is 15.5. The van der Waals surface area contributed by atoms with Gasteiger partial charge < -0.3 is 4.74 Å². The molecule has 0 N–H and O–H groups in total. The second kappa shape index (κ2) is 7.17. The van der Waals surface area contributed by atoms with E-state index in [1.54, 1.807) is 6.07 Å².